The maximum atomic E-state index is 15.6. The first kappa shape index (κ1) is 18.7. The predicted molar refractivity (Wildman–Crippen MR) is 116 cm³/mol. The molecule has 0 aliphatic carbocycles. The first-order valence-corrected chi connectivity index (χ1v) is 9.64. The second kappa shape index (κ2) is 6.91. The number of halogens is 1. The molecule has 6 nitrogen and oxygen atoms in total. The topological polar surface area (TPSA) is 105 Å². The molecule has 7 heteroatoms. The third kappa shape index (κ3) is 2.82. The van der Waals surface area contributed by atoms with E-state index < -0.39 is 17.1 Å². The summed E-state index contributed by atoms with van der Waals surface area (Å²) in [4.78, 5) is 35.2. The van der Waals surface area contributed by atoms with Gasteiger partial charge in [0.2, 0.25) is 11.5 Å². The van der Waals surface area contributed by atoms with Gasteiger partial charge in [0.25, 0.3) is 0 Å². The standard InChI is InChI=1S/C24H17FN4O2/c25-17-13-20-14(10-11-21(30)27-20)12-16(17)24(22(26)31,15-6-2-1-3-7-15)23-28-18-8-4-5-9-19(18)29-23/h1-13H,(H2,26,31)(H,27,30)(H,28,29). The summed E-state index contributed by atoms with van der Waals surface area (Å²) >= 11 is 0. The molecule has 5 rings (SSSR count). The second-order valence-corrected chi connectivity index (χ2v) is 7.32. The lowest BCUT2D eigenvalue weighted by molar-refractivity contribution is -0.121. The van der Waals surface area contributed by atoms with Crippen molar-refractivity contribution in [1.29, 1.82) is 0 Å². The number of benzene rings is 3. The molecular formula is C24H17FN4O2. The highest BCUT2D eigenvalue weighted by Crippen LogP contribution is 2.40. The number of nitrogens with two attached hydrogens (primary N) is 1. The van der Waals surface area contributed by atoms with Gasteiger partial charge < -0.3 is 15.7 Å². The molecule has 1 amide bonds. The Bertz CT molecular complexity index is 1470. The van der Waals surface area contributed by atoms with E-state index in [1.165, 1.54) is 18.2 Å². The highest BCUT2D eigenvalue weighted by atomic mass is 19.1. The van der Waals surface area contributed by atoms with Crippen LogP contribution < -0.4 is 11.3 Å². The molecule has 0 aliphatic rings. The lowest BCUT2D eigenvalue weighted by atomic mass is 9.72. The Morgan fingerprint density at radius 2 is 1.65 bits per heavy atom. The van der Waals surface area contributed by atoms with Crippen LogP contribution >= 0.6 is 0 Å². The van der Waals surface area contributed by atoms with Crippen molar-refractivity contribution in [3.63, 3.8) is 0 Å². The minimum absolute atomic E-state index is 0.0461. The van der Waals surface area contributed by atoms with Crippen LogP contribution in [0.5, 0.6) is 0 Å². The molecule has 0 spiro atoms. The number of hydrogen-bond acceptors (Lipinski definition) is 3. The molecule has 152 valence electrons. The van der Waals surface area contributed by atoms with Gasteiger partial charge in [-0.2, -0.15) is 0 Å². The van der Waals surface area contributed by atoms with E-state index in [1.807, 2.05) is 18.2 Å². The Kier molecular flexibility index (Phi) is 4.18. The number of carbonyl (C=O) groups is 1. The van der Waals surface area contributed by atoms with Crippen molar-refractivity contribution in [1.82, 2.24) is 15.0 Å². The average Bonchev–Trinajstić information content (AvgIpc) is 3.19. The molecule has 0 bridgehead atoms. The van der Waals surface area contributed by atoms with Crippen molar-refractivity contribution in [2.75, 3.05) is 0 Å². The van der Waals surface area contributed by atoms with Crippen LogP contribution in [-0.4, -0.2) is 20.9 Å². The number of fused-ring (bicyclic) bond motifs is 2. The second-order valence-electron chi connectivity index (χ2n) is 7.32. The minimum Gasteiger partial charge on any atom is -0.368 e. The Morgan fingerprint density at radius 3 is 2.39 bits per heavy atom. The maximum absolute atomic E-state index is 15.6. The average molecular weight is 412 g/mol. The van der Waals surface area contributed by atoms with Gasteiger partial charge in [-0.05, 0) is 41.3 Å². The summed E-state index contributed by atoms with van der Waals surface area (Å²) in [6, 6.07) is 21.7. The van der Waals surface area contributed by atoms with Gasteiger partial charge in [-0.25, -0.2) is 9.37 Å². The lowest BCUT2D eigenvalue weighted by Crippen LogP contribution is -2.45. The number of amides is 1. The first-order valence-electron chi connectivity index (χ1n) is 9.64. The largest absolute Gasteiger partial charge is 0.368 e. The van der Waals surface area contributed by atoms with Gasteiger partial charge in [0.15, 0.2) is 5.41 Å². The van der Waals surface area contributed by atoms with E-state index in [9.17, 15) is 9.59 Å². The number of aromatic nitrogens is 3. The zero-order chi connectivity index (χ0) is 21.6. The van der Waals surface area contributed by atoms with Crippen molar-refractivity contribution in [2.45, 2.75) is 5.41 Å². The van der Waals surface area contributed by atoms with E-state index in [0.29, 0.717) is 27.5 Å². The van der Waals surface area contributed by atoms with Crippen LogP contribution in [0.25, 0.3) is 21.9 Å². The van der Waals surface area contributed by atoms with E-state index >= 15 is 4.39 Å². The molecule has 3 aromatic carbocycles. The fourth-order valence-electron chi connectivity index (χ4n) is 4.09. The van der Waals surface area contributed by atoms with Crippen LogP contribution in [0, 0.1) is 5.82 Å². The molecular weight excluding hydrogens is 395 g/mol. The van der Waals surface area contributed by atoms with Crippen molar-refractivity contribution >= 4 is 27.8 Å². The highest BCUT2D eigenvalue weighted by molar-refractivity contribution is 5.96. The molecule has 0 fully saturated rings. The van der Waals surface area contributed by atoms with Crippen LogP contribution in [0.2, 0.25) is 0 Å². The van der Waals surface area contributed by atoms with E-state index in [-0.39, 0.29) is 16.9 Å². The van der Waals surface area contributed by atoms with Crippen LogP contribution in [0.4, 0.5) is 4.39 Å². The number of pyridine rings is 1. The predicted octanol–water partition coefficient (Wildman–Crippen LogP) is 3.36. The fraction of sp³-hybridized carbons (Fsp3) is 0.0417. The summed E-state index contributed by atoms with van der Waals surface area (Å²) in [5, 5.41) is 0.564. The third-order valence-corrected chi connectivity index (χ3v) is 5.54. The molecule has 1 unspecified atom stereocenters. The summed E-state index contributed by atoms with van der Waals surface area (Å²) < 4.78 is 15.6. The fourth-order valence-corrected chi connectivity index (χ4v) is 4.09. The number of hydrogen-bond donors (Lipinski definition) is 3. The highest BCUT2D eigenvalue weighted by Gasteiger charge is 2.47. The molecule has 2 aromatic heterocycles. The quantitative estimate of drug-likeness (QED) is 0.421. The summed E-state index contributed by atoms with van der Waals surface area (Å²) in [5.41, 5.74) is 6.12. The normalized spacial score (nSPS) is 13.3. The summed E-state index contributed by atoms with van der Waals surface area (Å²) in [6.07, 6.45) is 0. The number of primary amides is 1. The maximum Gasteiger partial charge on any atom is 0.248 e. The Morgan fingerprint density at radius 1 is 0.903 bits per heavy atom. The van der Waals surface area contributed by atoms with Gasteiger partial charge in [-0.15, -0.1) is 0 Å². The molecule has 0 saturated carbocycles. The zero-order valence-corrected chi connectivity index (χ0v) is 16.2. The van der Waals surface area contributed by atoms with Gasteiger partial charge in [0.1, 0.15) is 11.6 Å². The van der Waals surface area contributed by atoms with Gasteiger partial charge in [0.05, 0.1) is 16.6 Å². The first-order chi connectivity index (χ1) is 15.0. The third-order valence-electron chi connectivity index (χ3n) is 5.54. The van der Waals surface area contributed by atoms with Crippen LogP contribution in [-0.2, 0) is 10.2 Å². The van der Waals surface area contributed by atoms with Crippen molar-refractivity contribution in [3.8, 4) is 0 Å². The van der Waals surface area contributed by atoms with Crippen LogP contribution in [0.15, 0.2) is 83.7 Å². The number of nitrogens with zero attached hydrogens (tertiary/aromatic N) is 1. The summed E-state index contributed by atoms with van der Waals surface area (Å²) in [5.74, 6) is -1.24. The number of imidazole rings is 1. The number of aromatic amines is 2. The van der Waals surface area contributed by atoms with E-state index in [4.69, 9.17) is 5.73 Å². The molecule has 2 heterocycles. The molecule has 0 saturated heterocycles. The minimum atomic E-state index is -1.71. The smallest absolute Gasteiger partial charge is 0.248 e. The van der Waals surface area contributed by atoms with Gasteiger partial charge in [-0.1, -0.05) is 42.5 Å². The number of H-pyrrole nitrogens is 2. The van der Waals surface area contributed by atoms with E-state index in [0.717, 1.165) is 0 Å². The molecule has 1 atom stereocenters. The van der Waals surface area contributed by atoms with Gasteiger partial charge in [0, 0.05) is 11.6 Å². The monoisotopic (exact) mass is 412 g/mol. The molecule has 0 radical (unpaired) electrons. The van der Waals surface area contributed by atoms with Crippen molar-refractivity contribution < 1.29 is 9.18 Å². The molecule has 5 aromatic rings. The van der Waals surface area contributed by atoms with Crippen LogP contribution in [0.3, 0.4) is 0 Å². The van der Waals surface area contributed by atoms with E-state index in [1.54, 1.807) is 42.5 Å². The van der Waals surface area contributed by atoms with Crippen molar-refractivity contribution in [2.24, 2.45) is 5.73 Å². The molecule has 4 N–H and O–H groups in total. The summed E-state index contributed by atoms with van der Waals surface area (Å²) in [7, 11) is 0. The Hall–Kier alpha value is -4.26. The number of carbonyl (C=O) groups excluding carboxylic acids is 1. The van der Waals surface area contributed by atoms with Gasteiger partial charge >= 0.3 is 0 Å². The van der Waals surface area contributed by atoms with E-state index in [2.05, 4.69) is 15.0 Å². The summed E-state index contributed by atoms with van der Waals surface area (Å²) in [6.45, 7) is 0. The zero-order valence-electron chi connectivity index (χ0n) is 16.2. The number of rotatable bonds is 4. The van der Waals surface area contributed by atoms with Crippen molar-refractivity contribution in [3.05, 3.63) is 112 Å². The Balaban J connectivity index is 1.92. The Labute approximate surface area is 175 Å². The lowest BCUT2D eigenvalue weighted by Gasteiger charge is -2.30. The molecule has 0 aliphatic heterocycles. The van der Waals surface area contributed by atoms with Gasteiger partial charge in [-0.3, -0.25) is 9.59 Å². The number of para-hydroxylation sites is 2. The molecule has 31 heavy (non-hydrogen) atoms. The SMILES string of the molecule is NC(=O)C(c1ccccc1)(c1nc2ccccc2[nH]1)c1cc2ccc(=O)[nH]c2cc1F. The number of nitrogens with one attached hydrogen (secondary N) is 2. The van der Waals surface area contributed by atoms with Crippen LogP contribution in [0.1, 0.15) is 17.0 Å².